The monoisotopic (exact) mass is 375 g/mol. The Labute approximate surface area is 167 Å². The van der Waals surface area contributed by atoms with Crippen LogP contribution in [0.25, 0.3) is 0 Å². The standard InChI is InChI=1S/C24H29N3O/c1-17(2)19-10-11-22(23(14-19)18(3)4)24(28)25-15-20-8-5-6-9-21(20)16-27-13-7-12-26-27/h5-14,17-18H,15-16H2,1-4H3,(H,25,28). The molecule has 0 spiro atoms. The summed E-state index contributed by atoms with van der Waals surface area (Å²) in [6.07, 6.45) is 3.72. The zero-order valence-electron chi connectivity index (χ0n) is 17.1. The van der Waals surface area contributed by atoms with E-state index in [-0.39, 0.29) is 5.91 Å². The van der Waals surface area contributed by atoms with Gasteiger partial charge in [0.1, 0.15) is 0 Å². The molecule has 1 amide bonds. The highest BCUT2D eigenvalue weighted by Crippen LogP contribution is 2.25. The lowest BCUT2D eigenvalue weighted by molar-refractivity contribution is 0.0949. The topological polar surface area (TPSA) is 46.9 Å². The summed E-state index contributed by atoms with van der Waals surface area (Å²) in [4.78, 5) is 12.9. The zero-order chi connectivity index (χ0) is 20.1. The number of hydrogen-bond acceptors (Lipinski definition) is 2. The molecule has 0 aliphatic rings. The molecule has 0 fully saturated rings. The second-order valence-electron chi connectivity index (χ2n) is 7.81. The molecule has 3 aromatic rings. The van der Waals surface area contributed by atoms with Crippen LogP contribution in [-0.4, -0.2) is 15.7 Å². The number of benzene rings is 2. The van der Waals surface area contributed by atoms with Gasteiger partial charge in [-0.15, -0.1) is 0 Å². The molecule has 0 saturated heterocycles. The Morgan fingerprint density at radius 2 is 1.75 bits per heavy atom. The highest BCUT2D eigenvalue weighted by Gasteiger charge is 2.16. The average Bonchev–Trinajstić information content (AvgIpc) is 3.19. The van der Waals surface area contributed by atoms with Crippen LogP contribution in [0.1, 0.15) is 72.1 Å². The summed E-state index contributed by atoms with van der Waals surface area (Å²) in [6.45, 7) is 9.82. The number of carbonyl (C=O) groups is 1. The Kier molecular flexibility index (Phi) is 6.30. The lowest BCUT2D eigenvalue weighted by Gasteiger charge is -2.17. The molecule has 146 valence electrons. The molecule has 4 nitrogen and oxygen atoms in total. The molecule has 1 aromatic heterocycles. The van der Waals surface area contributed by atoms with Crippen molar-refractivity contribution < 1.29 is 4.79 Å². The first-order valence-electron chi connectivity index (χ1n) is 9.92. The van der Waals surface area contributed by atoms with Crippen LogP contribution < -0.4 is 5.32 Å². The molecule has 0 unspecified atom stereocenters. The molecule has 0 atom stereocenters. The van der Waals surface area contributed by atoms with Crippen molar-refractivity contribution in [2.75, 3.05) is 0 Å². The van der Waals surface area contributed by atoms with E-state index in [1.54, 1.807) is 6.20 Å². The summed E-state index contributed by atoms with van der Waals surface area (Å²) in [5, 5.41) is 7.39. The molecule has 28 heavy (non-hydrogen) atoms. The molecule has 0 radical (unpaired) electrons. The van der Waals surface area contributed by atoms with Gasteiger partial charge < -0.3 is 5.32 Å². The van der Waals surface area contributed by atoms with Gasteiger partial charge in [0.05, 0.1) is 6.54 Å². The molecule has 0 aliphatic carbocycles. The molecule has 4 heteroatoms. The fourth-order valence-corrected chi connectivity index (χ4v) is 3.35. The van der Waals surface area contributed by atoms with Crippen LogP contribution in [-0.2, 0) is 13.1 Å². The fourth-order valence-electron chi connectivity index (χ4n) is 3.35. The number of rotatable bonds is 7. The average molecular weight is 376 g/mol. The van der Waals surface area contributed by atoms with Gasteiger partial charge in [0, 0.05) is 24.5 Å². The summed E-state index contributed by atoms with van der Waals surface area (Å²) in [5.41, 5.74) is 5.41. The maximum Gasteiger partial charge on any atom is 0.251 e. The third-order valence-corrected chi connectivity index (χ3v) is 5.06. The minimum absolute atomic E-state index is 0.0205. The van der Waals surface area contributed by atoms with Gasteiger partial charge in [-0.25, -0.2) is 0 Å². The van der Waals surface area contributed by atoms with Crippen molar-refractivity contribution in [1.29, 1.82) is 0 Å². The summed E-state index contributed by atoms with van der Waals surface area (Å²) in [6, 6.07) is 16.3. The molecular weight excluding hydrogens is 346 g/mol. The third-order valence-electron chi connectivity index (χ3n) is 5.06. The number of carbonyl (C=O) groups excluding carboxylic acids is 1. The van der Waals surface area contributed by atoms with E-state index in [1.807, 2.05) is 35.1 Å². The number of nitrogens with one attached hydrogen (secondary N) is 1. The molecule has 0 aliphatic heterocycles. The highest BCUT2D eigenvalue weighted by atomic mass is 16.1. The first-order valence-corrected chi connectivity index (χ1v) is 9.92. The van der Waals surface area contributed by atoms with Crippen molar-refractivity contribution in [3.05, 3.63) is 88.7 Å². The van der Waals surface area contributed by atoms with Crippen LogP contribution in [0, 0.1) is 0 Å². The number of aromatic nitrogens is 2. The van der Waals surface area contributed by atoms with Gasteiger partial charge in [0.15, 0.2) is 0 Å². The Hall–Kier alpha value is -2.88. The smallest absolute Gasteiger partial charge is 0.251 e. The molecule has 0 bridgehead atoms. The summed E-state index contributed by atoms with van der Waals surface area (Å²) in [7, 11) is 0. The molecule has 3 rings (SSSR count). The van der Waals surface area contributed by atoms with Crippen LogP contribution in [0.4, 0.5) is 0 Å². The van der Waals surface area contributed by atoms with E-state index in [1.165, 1.54) is 5.56 Å². The van der Waals surface area contributed by atoms with Crippen molar-refractivity contribution in [2.24, 2.45) is 0 Å². The Morgan fingerprint density at radius 1 is 1.00 bits per heavy atom. The van der Waals surface area contributed by atoms with Crippen molar-refractivity contribution in [1.82, 2.24) is 15.1 Å². The van der Waals surface area contributed by atoms with Crippen LogP contribution in [0.3, 0.4) is 0 Å². The predicted octanol–water partition coefficient (Wildman–Crippen LogP) is 5.11. The first kappa shape index (κ1) is 19.9. The van der Waals surface area contributed by atoms with E-state index < -0.39 is 0 Å². The minimum atomic E-state index is -0.0205. The van der Waals surface area contributed by atoms with E-state index in [4.69, 9.17) is 0 Å². The number of nitrogens with zero attached hydrogens (tertiary/aromatic N) is 2. The van der Waals surface area contributed by atoms with Gasteiger partial charge in [0.25, 0.3) is 5.91 Å². The molecule has 1 heterocycles. The minimum Gasteiger partial charge on any atom is -0.348 e. The maximum absolute atomic E-state index is 12.9. The summed E-state index contributed by atoms with van der Waals surface area (Å²) in [5.74, 6) is 0.725. The highest BCUT2D eigenvalue weighted by molar-refractivity contribution is 5.96. The van der Waals surface area contributed by atoms with Gasteiger partial charge in [-0.05, 0) is 46.2 Å². The zero-order valence-corrected chi connectivity index (χ0v) is 17.1. The van der Waals surface area contributed by atoms with E-state index in [2.05, 4.69) is 62.4 Å². The maximum atomic E-state index is 12.9. The van der Waals surface area contributed by atoms with Gasteiger partial charge in [-0.1, -0.05) is 64.1 Å². The van der Waals surface area contributed by atoms with Crippen molar-refractivity contribution in [3.63, 3.8) is 0 Å². The Bertz CT molecular complexity index is 927. The molecular formula is C24H29N3O. The van der Waals surface area contributed by atoms with Crippen LogP contribution in [0.2, 0.25) is 0 Å². The van der Waals surface area contributed by atoms with Crippen molar-refractivity contribution in [3.8, 4) is 0 Å². The quantitative estimate of drug-likeness (QED) is 0.624. The third kappa shape index (κ3) is 4.69. The van der Waals surface area contributed by atoms with E-state index in [0.717, 1.165) is 22.3 Å². The molecule has 1 N–H and O–H groups in total. The van der Waals surface area contributed by atoms with Crippen LogP contribution >= 0.6 is 0 Å². The van der Waals surface area contributed by atoms with Crippen LogP contribution in [0.15, 0.2) is 60.9 Å². The summed E-state index contributed by atoms with van der Waals surface area (Å²) < 4.78 is 1.89. The predicted molar refractivity (Wildman–Crippen MR) is 114 cm³/mol. The lowest BCUT2D eigenvalue weighted by Crippen LogP contribution is -2.25. The number of amides is 1. The fraction of sp³-hybridized carbons (Fsp3) is 0.333. The van der Waals surface area contributed by atoms with E-state index in [0.29, 0.717) is 24.9 Å². The normalized spacial score (nSPS) is 11.2. The number of hydrogen-bond donors (Lipinski definition) is 1. The van der Waals surface area contributed by atoms with Crippen molar-refractivity contribution >= 4 is 5.91 Å². The van der Waals surface area contributed by atoms with E-state index in [9.17, 15) is 4.79 Å². The van der Waals surface area contributed by atoms with E-state index >= 15 is 0 Å². The van der Waals surface area contributed by atoms with Gasteiger partial charge >= 0.3 is 0 Å². The lowest BCUT2D eigenvalue weighted by atomic mass is 9.91. The first-order chi connectivity index (χ1) is 13.5. The summed E-state index contributed by atoms with van der Waals surface area (Å²) >= 11 is 0. The van der Waals surface area contributed by atoms with Gasteiger partial charge in [0.2, 0.25) is 0 Å². The Morgan fingerprint density at radius 3 is 2.39 bits per heavy atom. The van der Waals surface area contributed by atoms with Gasteiger partial charge in [-0.2, -0.15) is 5.10 Å². The second kappa shape index (κ2) is 8.87. The second-order valence-corrected chi connectivity index (χ2v) is 7.81. The largest absolute Gasteiger partial charge is 0.348 e. The Balaban J connectivity index is 1.76. The SMILES string of the molecule is CC(C)c1ccc(C(=O)NCc2ccccc2Cn2cccn2)c(C(C)C)c1. The van der Waals surface area contributed by atoms with Crippen LogP contribution in [0.5, 0.6) is 0 Å². The molecule has 2 aromatic carbocycles. The van der Waals surface area contributed by atoms with Gasteiger partial charge in [-0.3, -0.25) is 9.48 Å². The van der Waals surface area contributed by atoms with Crippen molar-refractivity contribution in [2.45, 2.75) is 52.6 Å². The molecule has 0 saturated carbocycles.